The quantitative estimate of drug-likeness (QED) is 0.205. The number of halogens is 3. The SMILES string of the molecule is Cc1cc(Nc2nccc(C(F)(F)F)n2)cc(-c2cnc(C3(O)CCC(C(=O)Nc4cccc(CO)c4)CC3)s2)c1. The van der Waals surface area contributed by atoms with E-state index in [1.807, 2.05) is 13.0 Å². The smallest absolute Gasteiger partial charge is 0.392 e. The Morgan fingerprint density at radius 3 is 2.61 bits per heavy atom. The second-order valence-electron chi connectivity index (χ2n) is 10.2. The molecule has 0 aliphatic heterocycles. The Hall–Kier alpha value is -3.87. The summed E-state index contributed by atoms with van der Waals surface area (Å²) in [5, 5.41) is 27.0. The van der Waals surface area contributed by atoms with Crippen LogP contribution in [0.1, 0.15) is 47.5 Å². The van der Waals surface area contributed by atoms with Gasteiger partial charge >= 0.3 is 6.18 Å². The van der Waals surface area contributed by atoms with E-state index in [4.69, 9.17) is 0 Å². The van der Waals surface area contributed by atoms with Crippen LogP contribution in [-0.4, -0.2) is 31.1 Å². The normalized spacial score (nSPS) is 19.1. The van der Waals surface area contributed by atoms with Gasteiger partial charge in [-0.05, 0) is 79.6 Å². The van der Waals surface area contributed by atoms with Crippen molar-refractivity contribution < 1.29 is 28.2 Å². The number of aliphatic hydroxyl groups is 2. The Balaban J connectivity index is 1.26. The highest BCUT2D eigenvalue weighted by Gasteiger charge is 2.39. The highest BCUT2D eigenvalue weighted by atomic mass is 32.1. The number of nitrogens with one attached hydrogen (secondary N) is 2. The molecule has 1 aliphatic carbocycles. The van der Waals surface area contributed by atoms with E-state index < -0.39 is 17.5 Å². The van der Waals surface area contributed by atoms with Crippen LogP contribution < -0.4 is 10.6 Å². The fourth-order valence-corrected chi connectivity index (χ4v) is 5.94. The average Bonchev–Trinajstić information content (AvgIpc) is 3.45. The number of hydrogen-bond acceptors (Lipinski definition) is 8. The van der Waals surface area contributed by atoms with Gasteiger partial charge in [-0.2, -0.15) is 13.2 Å². The third-order valence-corrected chi connectivity index (χ3v) is 8.27. The average molecular weight is 584 g/mol. The number of nitrogens with zero attached hydrogens (tertiary/aromatic N) is 3. The molecule has 5 rings (SSSR count). The van der Waals surface area contributed by atoms with Crippen molar-refractivity contribution in [1.29, 1.82) is 0 Å². The van der Waals surface area contributed by atoms with Gasteiger partial charge in [-0.1, -0.05) is 18.2 Å². The van der Waals surface area contributed by atoms with Gasteiger partial charge in [0.25, 0.3) is 0 Å². The highest BCUT2D eigenvalue weighted by Crippen LogP contribution is 2.43. The van der Waals surface area contributed by atoms with Crippen LogP contribution in [-0.2, 0) is 23.2 Å². The van der Waals surface area contributed by atoms with Crippen molar-refractivity contribution in [3.63, 3.8) is 0 Å². The second-order valence-corrected chi connectivity index (χ2v) is 11.2. The summed E-state index contributed by atoms with van der Waals surface area (Å²) in [6, 6.07) is 13.3. The molecule has 0 radical (unpaired) electrons. The van der Waals surface area contributed by atoms with E-state index in [0.717, 1.165) is 28.3 Å². The van der Waals surface area contributed by atoms with Crippen LogP contribution >= 0.6 is 11.3 Å². The van der Waals surface area contributed by atoms with E-state index in [2.05, 4.69) is 25.6 Å². The van der Waals surface area contributed by atoms with Crippen LogP contribution in [0, 0.1) is 12.8 Å². The van der Waals surface area contributed by atoms with Crippen LogP contribution in [0.3, 0.4) is 0 Å². The number of carbonyl (C=O) groups is 1. The van der Waals surface area contributed by atoms with E-state index in [0.29, 0.717) is 47.6 Å². The molecule has 1 aliphatic rings. The van der Waals surface area contributed by atoms with Crippen LogP contribution in [0.5, 0.6) is 0 Å². The summed E-state index contributed by atoms with van der Waals surface area (Å²) in [5.41, 5.74) is 1.30. The monoisotopic (exact) mass is 583 g/mol. The molecule has 214 valence electrons. The van der Waals surface area contributed by atoms with Gasteiger partial charge in [0.2, 0.25) is 11.9 Å². The lowest BCUT2D eigenvalue weighted by Crippen LogP contribution is -2.35. The summed E-state index contributed by atoms with van der Waals surface area (Å²) in [4.78, 5) is 25.6. The Labute approximate surface area is 238 Å². The molecular formula is C29H28F3N5O3S. The zero-order valence-electron chi connectivity index (χ0n) is 22.1. The number of rotatable bonds is 7. The van der Waals surface area contributed by atoms with Gasteiger partial charge in [-0.3, -0.25) is 4.79 Å². The number of aromatic nitrogens is 3. The molecule has 2 aromatic carbocycles. The molecule has 0 saturated heterocycles. The van der Waals surface area contributed by atoms with Crippen LogP contribution in [0.15, 0.2) is 60.9 Å². The number of thiazole rings is 1. The first-order valence-electron chi connectivity index (χ1n) is 13.0. The maximum Gasteiger partial charge on any atom is 0.433 e. The van der Waals surface area contributed by atoms with E-state index in [9.17, 15) is 28.2 Å². The topological polar surface area (TPSA) is 120 Å². The minimum absolute atomic E-state index is 0.111. The largest absolute Gasteiger partial charge is 0.433 e. The van der Waals surface area contributed by atoms with Gasteiger partial charge in [0.05, 0.1) is 11.5 Å². The van der Waals surface area contributed by atoms with Crippen molar-refractivity contribution in [1.82, 2.24) is 15.0 Å². The third kappa shape index (κ3) is 6.72. The molecular weight excluding hydrogens is 555 g/mol. The Bertz CT molecular complexity index is 1550. The van der Waals surface area contributed by atoms with Gasteiger partial charge in [-0.15, -0.1) is 11.3 Å². The maximum absolute atomic E-state index is 13.0. The number of aliphatic hydroxyl groups excluding tert-OH is 1. The number of hydrogen-bond donors (Lipinski definition) is 4. The summed E-state index contributed by atoms with van der Waals surface area (Å²) in [7, 11) is 0. The van der Waals surface area contributed by atoms with Crippen molar-refractivity contribution in [2.45, 2.75) is 51.0 Å². The summed E-state index contributed by atoms with van der Waals surface area (Å²) < 4.78 is 39.1. The summed E-state index contributed by atoms with van der Waals surface area (Å²) >= 11 is 1.34. The fraction of sp³-hybridized carbons (Fsp3) is 0.310. The van der Waals surface area contributed by atoms with E-state index in [1.54, 1.807) is 42.6 Å². The Morgan fingerprint density at radius 2 is 1.88 bits per heavy atom. The fourth-order valence-electron chi connectivity index (χ4n) is 4.89. The third-order valence-electron chi connectivity index (χ3n) is 7.03. The van der Waals surface area contributed by atoms with Crippen LogP contribution in [0.4, 0.5) is 30.5 Å². The second kappa shape index (κ2) is 11.6. The predicted octanol–water partition coefficient (Wildman–Crippen LogP) is 6.18. The summed E-state index contributed by atoms with van der Waals surface area (Å²) in [6.45, 7) is 1.75. The van der Waals surface area contributed by atoms with E-state index >= 15 is 0 Å². The minimum atomic E-state index is -4.58. The predicted molar refractivity (Wildman–Crippen MR) is 149 cm³/mol. The molecule has 4 N–H and O–H groups in total. The van der Waals surface area contributed by atoms with Crippen molar-refractivity contribution in [2.24, 2.45) is 5.92 Å². The molecule has 0 bridgehead atoms. The standard InChI is InChI=1S/C29H28F3N5O3S/c1-17-11-20(14-22(12-17)36-27-33-10-7-24(37-27)29(30,31)32)23-15-34-26(41-23)28(40)8-5-19(6-9-28)25(39)35-21-4-2-3-18(13-21)16-38/h2-4,7,10-15,19,38,40H,5-6,8-9,16H2,1H3,(H,35,39)(H,33,36,37). The minimum Gasteiger partial charge on any atom is -0.392 e. The number of alkyl halides is 3. The van der Waals surface area contributed by atoms with E-state index in [1.165, 1.54) is 11.3 Å². The number of benzene rings is 2. The van der Waals surface area contributed by atoms with Gasteiger partial charge in [-0.25, -0.2) is 15.0 Å². The van der Waals surface area contributed by atoms with Gasteiger partial charge in [0.15, 0.2) is 0 Å². The number of aryl methyl sites for hydroxylation is 1. The zero-order valence-corrected chi connectivity index (χ0v) is 22.9. The lowest BCUT2D eigenvalue weighted by molar-refractivity contribution is -0.141. The van der Waals surface area contributed by atoms with Crippen molar-refractivity contribution in [2.75, 3.05) is 10.6 Å². The summed E-state index contributed by atoms with van der Waals surface area (Å²) in [6.07, 6.45) is -0.114. The first-order chi connectivity index (χ1) is 19.5. The van der Waals surface area contributed by atoms with Gasteiger partial charge in [0.1, 0.15) is 16.3 Å². The molecule has 2 heterocycles. The van der Waals surface area contributed by atoms with Crippen LogP contribution in [0.25, 0.3) is 10.4 Å². The molecule has 1 saturated carbocycles. The van der Waals surface area contributed by atoms with Crippen LogP contribution in [0.2, 0.25) is 0 Å². The molecule has 12 heteroatoms. The molecule has 4 aromatic rings. The number of carbonyl (C=O) groups excluding carboxylic acids is 1. The number of amides is 1. The molecule has 2 aromatic heterocycles. The molecule has 0 unspecified atom stereocenters. The summed E-state index contributed by atoms with van der Waals surface area (Å²) in [5.74, 6) is -0.542. The molecule has 8 nitrogen and oxygen atoms in total. The van der Waals surface area contributed by atoms with Crippen molar-refractivity contribution in [3.8, 4) is 10.4 Å². The van der Waals surface area contributed by atoms with E-state index in [-0.39, 0.29) is 24.4 Å². The van der Waals surface area contributed by atoms with Gasteiger partial charge in [0, 0.05) is 29.7 Å². The molecule has 0 atom stereocenters. The molecule has 1 amide bonds. The van der Waals surface area contributed by atoms with Crippen molar-refractivity contribution in [3.05, 3.63) is 82.8 Å². The van der Waals surface area contributed by atoms with Gasteiger partial charge < -0.3 is 20.8 Å². The Kier molecular flexibility index (Phi) is 8.07. The number of anilines is 3. The Morgan fingerprint density at radius 1 is 1.10 bits per heavy atom. The zero-order chi connectivity index (χ0) is 29.2. The lowest BCUT2D eigenvalue weighted by atomic mass is 9.78. The highest BCUT2D eigenvalue weighted by molar-refractivity contribution is 7.15. The first kappa shape index (κ1) is 28.7. The van der Waals surface area contributed by atoms with Crippen molar-refractivity contribution >= 4 is 34.6 Å². The molecule has 0 spiro atoms. The lowest BCUT2D eigenvalue weighted by Gasteiger charge is -2.33. The molecule has 41 heavy (non-hydrogen) atoms. The maximum atomic E-state index is 13.0. The first-order valence-corrected chi connectivity index (χ1v) is 13.8. The molecule has 1 fully saturated rings.